The summed E-state index contributed by atoms with van der Waals surface area (Å²) in [5.74, 6) is -1.60. The first kappa shape index (κ1) is 16.9. The summed E-state index contributed by atoms with van der Waals surface area (Å²) in [7, 11) is 0. The van der Waals surface area contributed by atoms with Crippen molar-refractivity contribution < 1.29 is 22.5 Å². The van der Waals surface area contributed by atoms with Gasteiger partial charge < -0.3 is 14.4 Å². The highest BCUT2D eigenvalue weighted by Gasteiger charge is 2.38. The third-order valence-corrected chi connectivity index (χ3v) is 3.54. The van der Waals surface area contributed by atoms with Crippen LogP contribution < -0.4 is 5.32 Å². The second-order valence-corrected chi connectivity index (χ2v) is 5.27. The van der Waals surface area contributed by atoms with E-state index in [-0.39, 0.29) is 11.7 Å². The molecule has 25 heavy (non-hydrogen) atoms. The molecule has 1 aromatic carbocycles. The van der Waals surface area contributed by atoms with E-state index in [4.69, 9.17) is 0 Å². The molecule has 0 spiro atoms. The van der Waals surface area contributed by atoms with Crippen LogP contribution in [0, 0.1) is 0 Å². The molecule has 0 unspecified atom stereocenters. The fourth-order valence-corrected chi connectivity index (χ4v) is 2.27. The number of hydrogen-bond acceptors (Lipinski definition) is 5. The van der Waals surface area contributed by atoms with Crippen molar-refractivity contribution in [1.29, 1.82) is 0 Å². The van der Waals surface area contributed by atoms with Crippen LogP contribution in [0.4, 0.5) is 13.2 Å². The molecule has 3 rings (SSSR count). The zero-order chi connectivity index (χ0) is 18.0. The normalized spacial score (nSPS) is 11.8. The average molecular weight is 353 g/mol. The predicted octanol–water partition coefficient (Wildman–Crippen LogP) is 2.63. The lowest BCUT2D eigenvalue weighted by molar-refractivity contribution is -0.159. The molecule has 0 fully saturated rings. The first-order valence-electron chi connectivity index (χ1n) is 7.51. The molecule has 0 aliphatic heterocycles. The third kappa shape index (κ3) is 3.62. The molecule has 2 aromatic heterocycles. The van der Waals surface area contributed by atoms with Crippen molar-refractivity contribution in [2.75, 3.05) is 6.54 Å². The van der Waals surface area contributed by atoms with Crippen LogP contribution in [0.3, 0.4) is 0 Å². The van der Waals surface area contributed by atoms with E-state index in [1.807, 2.05) is 0 Å². The Labute approximate surface area is 139 Å². The van der Waals surface area contributed by atoms with E-state index in [0.29, 0.717) is 36.1 Å². The molecule has 0 bridgehead atoms. The maximum Gasteiger partial charge on any atom is 0.471 e. The summed E-state index contributed by atoms with van der Waals surface area (Å²) in [6.45, 7) is 2.66. The molecule has 0 aliphatic rings. The van der Waals surface area contributed by atoms with Gasteiger partial charge in [-0.05, 0) is 18.2 Å². The molecule has 3 aromatic rings. The number of nitrogens with one attached hydrogen (secondary N) is 1. The summed E-state index contributed by atoms with van der Waals surface area (Å²) in [6.07, 6.45) is -2.69. The van der Waals surface area contributed by atoms with Gasteiger partial charge in [-0.1, -0.05) is 12.1 Å². The number of halogens is 3. The average Bonchev–Trinajstić information content (AvgIpc) is 3.21. The largest absolute Gasteiger partial charge is 0.471 e. The summed E-state index contributed by atoms with van der Waals surface area (Å²) in [6, 6.07) is 4.87. The summed E-state index contributed by atoms with van der Waals surface area (Å²) in [4.78, 5) is 18.9. The van der Waals surface area contributed by atoms with Crippen LogP contribution in [0.25, 0.3) is 22.4 Å². The van der Waals surface area contributed by atoms with E-state index in [2.05, 4.69) is 25.0 Å². The Morgan fingerprint density at radius 1 is 1.36 bits per heavy atom. The van der Waals surface area contributed by atoms with Crippen molar-refractivity contribution >= 4 is 16.9 Å². The monoisotopic (exact) mass is 353 g/mol. The van der Waals surface area contributed by atoms with Crippen molar-refractivity contribution in [3.8, 4) is 11.4 Å². The molecular formula is C15H14F3N5O2. The van der Waals surface area contributed by atoms with E-state index >= 15 is 0 Å². The molecule has 2 heterocycles. The van der Waals surface area contributed by atoms with Gasteiger partial charge >= 0.3 is 12.1 Å². The Morgan fingerprint density at radius 3 is 2.84 bits per heavy atom. The number of alkyl halides is 3. The molecule has 0 atom stereocenters. The first-order valence-corrected chi connectivity index (χ1v) is 7.51. The summed E-state index contributed by atoms with van der Waals surface area (Å²) >= 11 is 0. The Bertz CT molecular complexity index is 900. The topological polar surface area (TPSA) is 85.8 Å². The van der Waals surface area contributed by atoms with E-state index in [9.17, 15) is 18.0 Å². The van der Waals surface area contributed by atoms with E-state index in [1.165, 1.54) is 0 Å². The lowest BCUT2D eigenvalue weighted by Crippen LogP contribution is -2.26. The summed E-state index contributed by atoms with van der Waals surface area (Å²) in [5.41, 5.74) is 1.75. The van der Waals surface area contributed by atoms with Crippen LogP contribution in [0.1, 0.15) is 19.2 Å². The molecule has 0 radical (unpaired) electrons. The van der Waals surface area contributed by atoms with Crippen LogP contribution in [0.2, 0.25) is 0 Å². The van der Waals surface area contributed by atoms with Crippen molar-refractivity contribution in [3.05, 3.63) is 30.4 Å². The molecule has 0 saturated carbocycles. The Hall–Kier alpha value is -2.91. The van der Waals surface area contributed by atoms with Gasteiger partial charge in [-0.3, -0.25) is 4.79 Å². The van der Waals surface area contributed by atoms with E-state index in [1.54, 1.807) is 36.0 Å². The Balaban J connectivity index is 1.85. The van der Waals surface area contributed by atoms with Crippen LogP contribution in [0.5, 0.6) is 0 Å². The standard InChI is InChI=1S/C15H14F3N5O2/c1-2-12(24)19-5-6-23-8-20-10-4-3-9(7-11(10)23)13-21-14(25-22-13)15(16,17)18/h3-4,7-8H,2,5-6H2,1H3,(H,19,24). The Morgan fingerprint density at radius 2 is 2.16 bits per heavy atom. The van der Waals surface area contributed by atoms with Gasteiger partial charge in [-0.2, -0.15) is 18.2 Å². The minimum atomic E-state index is -4.69. The van der Waals surface area contributed by atoms with Crippen LogP contribution in [0.15, 0.2) is 29.0 Å². The molecule has 132 valence electrons. The molecule has 10 heteroatoms. The second-order valence-electron chi connectivity index (χ2n) is 5.27. The van der Waals surface area contributed by atoms with Crippen LogP contribution in [-0.4, -0.2) is 32.1 Å². The number of aromatic nitrogens is 4. The Kier molecular flexibility index (Phi) is 4.43. The number of benzene rings is 1. The quantitative estimate of drug-likeness (QED) is 0.762. The smallest absolute Gasteiger partial charge is 0.354 e. The van der Waals surface area contributed by atoms with Crippen molar-refractivity contribution in [1.82, 2.24) is 25.0 Å². The molecule has 0 saturated heterocycles. The molecule has 7 nitrogen and oxygen atoms in total. The van der Waals surface area contributed by atoms with Gasteiger partial charge in [0, 0.05) is 25.1 Å². The van der Waals surface area contributed by atoms with Crippen molar-refractivity contribution in [2.24, 2.45) is 0 Å². The van der Waals surface area contributed by atoms with Gasteiger partial charge in [-0.25, -0.2) is 4.98 Å². The number of fused-ring (bicyclic) bond motifs is 1. The number of carbonyl (C=O) groups excluding carboxylic acids is 1. The minimum Gasteiger partial charge on any atom is -0.354 e. The van der Waals surface area contributed by atoms with Crippen molar-refractivity contribution in [3.63, 3.8) is 0 Å². The van der Waals surface area contributed by atoms with Crippen molar-refractivity contribution in [2.45, 2.75) is 26.1 Å². The van der Waals surface area contributed by atoms with Gasteiger partial charge in [0.2, 0.25) is 11.7 Å². The maximum atomic E-state index is 12.6. The third-order valence-electron chi connectivity index (χ3n) is 3.54. The predicted molar refractivity (Wildman–Crippen MR) is 81.3 cm³/mol. The maximum absolute atomic E-state index is 12.6. The molecule has 1 N–H and O–H groups in total. The van der Waals surface area contributed by atoms with E-state index < -0.39 is 12.1 Å². The summed E-state index contributed by atoms with van der Waals surface area (Å²) < 4.78 is 43.8. The number of amides is 1. The van der Waals surface area contributed by atoms with E-state index in [0.717, 1.165) is 0 Å². The lowest BCUT2D eigenvalue weighted by atomic mass is 10.2. The number of hydrogen-bond donors (Lipinski definition) is 1. The fourth-order valence-electron chi connectivity index (χ4n) is 2.27. The van der Waals surface area contributed by atoms with Crippen LogP contribution in [-0.2, 0) is 17.5 Å². The molecular weight excluding hydrogens is 339 g/mol. The SMILES string of the molecule is CCC(=O)NCCn1cnc2ccc(-c3noc(C(F)(F)F)n3)cc21. The summed E-state index contributed by atoms with van der Waals surface area (Å²) in [5, 5.41) is 6.13. The van der Waals surface area contributed by atoms with Gasteiger partial charge in [-0.15, -0.1) is 0 Å². The molecule has 0 aliphatic carbocycles. The number of imidazole rings is 1. The van der Waals surface area contributed by atoms with Gasteiger partial charge in [0.1, 0.15) is 0 Å². The number of carbonyl (C=O) groups is 1. The number of nitrogens with zero attached hydrogens (tertiary/aromatic N) is 4. The minimum absolute atomic E-state index is 0.0587. The zero-order valence-electron chi connectivity index (χ0n) is 13.2. The van der Waals surface area contributed by atoms with Gasteiger partial charge in [0.15, 0.2) is 0 Å². The van der Waals surface area contributed by atoms with Gasteiger partial charge in [0.05, 0.1) is 17.4 Å². The fraction of sp³-hybridized carbons (Fsp3) is 0.333. The number of rotatable bonds is 5. The first-order chi connectivity index (χ1) is 11.9. The second kappa shape index (κ2) is 6.54. The highest BCUT2D eigenvalue weighted by molar-refractivity contribution is 5.80. The zero-order valence-corrected chi connectivity index (χ0v) is 13.2. The van der Waals surface area contributed by atoms with Crippen LogP contribution >= 0.6 is 0 Å². The molecule has 1 amide bonds. The lowest BCUT2D eigenvalue weighted by Gasteiger charge is -2.06. The highest BCUT2D eigenvalue weighted by Crippen LogP contribution is 2.30. The van der Waals surface area contributed by atoms with Gasteiger partial charge in [0.25, 0.3) is 0 Å². The highest BCUT2D eigenvalue weighted by atomic mass is 19.4.